The van der Waals surface area contributed by atoms with Crippen molar-refractivity contribution in [3.63, 3.8) is 0 Å². The number of nitrogens with one attached hydrogen (secondary N) is 2. The van der Waals surface area contributed by atoms with E-state index in [-0.39, 0.29) is 70.7 Å². The topological polar surface area (TPSA) is 190 Å². The van der Waals surface area contributed by atoms with E-state index in [1.165, 1.54) is 18.1 Å². The molecule has 4 saturated carbocycles. The molecule has 13 heteroatoms. The molecule has 0 bridgehead atoms. The molecule has 2 aromatic carbocycles. The van der Waals surface area contributed by atoms with Crippen LogP contribution in [0.1, 0.15) is 110 Å². The fourth-order valence-corrected chi connectivity index (χ4v) is 12.2. The fraction of sp³-hybridized carbons (Fsp3) is 0.608. The molecule has 0 aromatic heterocycles. The molecule has 5 fully saturated rings. The second-order valence-corrected chi connectivity index (χ2v) is 19.8. The molecule has 5 aliphatic carbocycles. The Bertz CT molecular complexity index is 2080. The lowest BCUT2D eigenvalue weighted by Crippen LogP contribution is -2.63. The molecule has 5 N–H and O–H groups in total. The number of methoxy groups -OCH3 is 1. The monoisotopic (exact) mass is 884 g/mol. The van der Waals surface area contributed by atoms with E-state index in [0.29, 0.717) is 31.4 Å². The summed E-state index contributed by atoms with van der Waals surface area (Å²) in [6, 6.07) is 12.7. The zero-order chi connectivity index (χ0) is 46.0. The maximum absolute atomic E-state index is 14.2. The standard InChI is InChI=1S/C32H44O7.C19H24N2O4/c1-18(2)28(36)37-17-25(35)32-26(38-29(39-32)19-8-6-5-7-9-19)15-23-22-11-10-20-14-21(33)12-13-30(20,3)27(22)24(34)16-31(23,32)4;1-13(9-14-3-6-16(25-2)7-4-14)20-11-19(24)15-5-8-18(23)17(10-15)21-12-22/h12-14,18-19,22-24,26-27,29,34H,5-11,15-17H2,1-4H3;3-8,10,12-13,19-20,23-24H,9,11H2,1-2H3,(H,21,22)/t22-,23-,24-,26+,27+,29+,30-,31-,32+;13-,19+/m01/s1. The van der Waals surface area contributed by atoms with Crippen molar-refractivity contribution in [2.24, 2.45) is 40.4 Å². The van der Waals surface area contributed by atoms with Crippen LogP contribution in [-0.2, 0) is 39.8 Å². The minimum absolute atomic E-state index is 0.0162. The average molecular weight is 885 g/mol. The number of amides is 1. The van der Waals surface area contributed by atoms with E-state index in [1.807, 2.05) is 37.3 Å². The van der Waals surface area contributed by atoms with Crippen LogP contribution in [0.4, 0.5) is 5.69 Å². The maximum Gasteiger partial charge on any atom is 0.308 e. The van der Waals surface area contributed by atoms with Crippen molar-refractivity contribution in [1.82, 2.24) is 5.32 Å². The Balaban J connectivity index is 0.000000212. The highest BCUT2D eigenvalue weighted by Gasteiger charge is 2.76. The predicted octanol–water partition coefficient (Wildman–Crippen LogP) is 6.93. The molecule has 0 unspecified atom stereocenters. The molecule has 6 aliphatic rings. The van der Waals surface area contributed by atoms with E-state index in [1.54, 1.807) is 45.2 Å². The minimum atomic E-state index is -1.25. The van der Waals surface area contributed by atoms with Crippen molar-refractivity contribution in [3.05, 3.63) is 77.4 Å². The summed E-state index contributed by atoms with van der Waals surface area (Å²) in [7, 11) is 1.64. The molecule has 348 valence electrons. The predicted molar refractivity (Wildman–Crippen MR) is 240 cm³/mol. The number of hydrogen-bond donors (Lipinski definition) is 5. The van der Waals surface area contributed by atoms with Crippen LogP contribution in [-0.4, -0.2) is 89.7 Å². The van der Waals surface area contributed by atoms with E-state index in [4.69, 9.17) is 18.9 Å². The lowest BCUT2D eigenvalue weighted by atomic mass is 9.46. The second kappa shape index (κ2) is 19.6. The molecule has 1 amide bonds. The number of esters is 1. The summed E-state index contributed by atoms with van der Waals surface area (Å²) < 4.78 is 24.2. The molecule has 2 aromatic rings. The number of carbonyl (C=O) groups is 4. The quantitative estimate of drug-likeness (QED) is 0.0749. The molecular formula is C51H68N2O11. The van der Waals surface area contributed by atoms with Crippen LogP contribution in [0.2, 0.25) is 0 Å². The van der Waals surface area contributed by atoms with E-state index >= 15 is 0 Å². The van der Waals surface area contributed by atoms with Gasteiger partial charge >= 0.3 is 5.97 Å². The van der Waals surface area contributed by atoms with Crippen LogP contribution in [0.5, 0.6) is 11.5 Å². The number of rotatable bonds is 14. The van der Waals surface area contributed by atoms with Crippen LogP contribution < -0.4 is 15.4 Å². The van der Waals surface area contributed by atoms with Crippen molar-refractivity contribution in [1.29, 1.82) is 0 Å². The molecule has 0 radical (unpaired) electrons. The van der Waals surface area contributed by atoms with E-state index in [9.17, 15) is 34.5 Å². The van der Waals surface area contributed by atoms with E-state index in [2.05, 4.69) is 24.5 Å². The number of hydrogen-bond acceptors (Lipinski definition) is 12. The summed E-state index contributed by atoms with van der Waals surface area (Å²) in [4.78, 5) is 49.3. The van der Waals surface area contributed by atoms with Gasteiger partial charge in [-0.15, -0.1) is 0 Å². The van der Waals surface area contributed by atoms with Gasteiger partial charge in [0, 0.05) is 35.3 Å². The number of phenolic OH excluding ortho intramolecular Hbond substituents is 1. The highest BCUT2D eigenvalue weighted by atomic mass is 16.7. The summed E-state index contributed by atoms with van der Waals surface area (Å²) in [6.07, 6.45) is 12.7. The third-order valence-electron chi connectivity index (χ3n) is 15.5. The summed E-state index contributed by atoms with van der Waals surface area (Å²) in [6.45, 7) is 9.85. The largest absolute Gasteiger partial charge is 0.506 e. The van der Waals surface area contributed by atoms with Crippen molar-refractivity contribution in [2.75, 3.05) is 25.6 Å². The first kappa shape index (κ1) is 47.6. The van der Waals surface area contributed by atoms with Crippen molar-refractivity contribution in [2.45, 2.75) is 135 Å². The van der Waals surface area contributed by atoms with Crippen LogP contribution in [0.25, 0.3) is 0 Å². The summed E-state index contributed by atoms with van der Waals surface area (Å²) in [5.74, 6) is 0.317. The Morgan fingerprint density at radius 3 is 2.45 bits per heavy atom. The summed E-state index contributed by atoms with van der Waals surface area (Å²) >= 11 is 0. The third-order valence-corrected chi connectivity index (χ3v) is 15.5. The van der Waals surface area contributed by atoms with Gasteiger partial charge in [0.05, 0.1) is 37.0 Å². The fourth-order valence-electron chi connectivity index (χ4n) is 12.2. The second-order valence-electron chi connectivity index (χ2n) is 19.8. The van der Waals surface area contributed by atoms with Gasteiger partial charge in [0.1, 0.15) is 11.5 Å². The number of allylic oxidation sites excluding steroid dienone is 4. The molecule has 0 spiro atoms. The normalized spacial score (nSPS) is 32.7. The highest BCUT2D eigenvalue weighted by molar-refractivity contribution is 6.01. The van der Waals surface area contributed by atoms with Crippen molar-refractivity contribution in [3.8, 4) is 11.5 Å². The number of ketones is 2. The van der Waals surface area contributed by atoms with Gasteiger partial charge in [0.25, 0.3) is 0 Å². The van der Waals surface area contributed by atoms with Crippen LogP contribution in [0.15, 0.2) is 66.3 Å². The lowest BCUT2D eigenvalue weighted by molar-refractivity contribution is -0.210. The van der Waals surface area contributed by atoms with Gasteiger partial charge in [0.2, 0.25) is 12.2 Å². The first-order chi connectivity index (χ1) is 30.5. The highest BCUT2D eigenvalue weighted by Crippen LogP contribution is 2.70. The summed E-state index contributed by atoms with van der Waals surface area (Å²) in [5.41, 5.74) is 0.883. The van der Waals surface area contributed by atoms with Gasteiger partial charge in [-0.1, -0.05) is 76.8 Å². The Kier molecular flexibility index (Phi) is 14.6. The number of carbonyl (C=O) groups excluding carboxylic acids is 4. The third kappa shape index (κ3) is 9.20. The number of Topliss-reactive ketones (excluding diaryl/α,β-unsaturated/α-hetero) is 1. The number of benzene rings is 2. The van der Waals surface area contributed by atoms with Gasteiger partial charge in [-0.25, -0.2) is 0 Å². The molecule has 1 saturated heterocycles. The molecule has 1 heterocycles. The van der Waals surface area contributed by atoms with E-state index < -0.39 is 41.6 Å². The van der Waals surface area contributed by atoms with Gasteiger partial charge in [-0.2, -0.15) is 0 Å². The van der Waals surface area contributed by atoms with Crippen molar-refractivity contribution < 1.29 is 53.4 Å². The number of aromatic hydroxyl groups is 1. The molecule has 11 atom stereocenters. The molecule has 64 heavy (non-hydrogen) atoms. The summed E-state index contributed by atoms with van der Waals surface area (Å²) in [5, 5.41) is 37.5. The Hall–Kier alpha value is -4.40. The number of aliphatic hydroxyl groups is 2. The number of phenols is 1. The zero-order valence-electron chi connectivity index (χ0n) is 38.2. The molecule has 13 nitrogen and oxygen atoms in total. The Morgan fingerprint density at radius 2 is 1.77 bits per heavy atom. The number of fused-ring (bicyclic) bond motifs is 7. The zero-order valence-corrected chi connectivity index (χ0v) is 38.2. The van der Waals surface area contributed by atoms with Crippen LogP contribution >= 0.6 is 0 Å². The maximum atomic E-state index is 14.2. The number of aliphatic hydroxyl groups excluding tert-OH is 2. The molecule has 8 rings (SSSR count). The van der Waals surface area contributed by atoms with Gasteiger partial charge < -0.3 is 44.9 Å². The van der Waals surface area contributed by atoms with Crippen LogP contribution in [0, 0.1) is 40.4 Å². The minimum Gasteiger partial charge on any atom is -0.506 e. The van der Waals surface area contributed by atoms with Gasteiger partial charge in [-0.3, -0.25) is 19.2 Å². The lowest BCUT2D eigenvalue weighted by Gasteiger charge is -2.59. The first-order valence-corrected chi connectivity index (χ1v) is 23.3. The van der Waals surface area contributed by atoms with Crippen LogP contribution in [0.3, 0.4) is 0 Å². The number of ether oxygens (including phenoxy) is 4. The number of anilines is 1. The van der Waals surface area contributed by atoms with Crippen molar-refractivity contribution >= 4 is 29.6 Å². The first-order valence-electron chi connectivity index (χ1n) is 23.3. The Morgan fingerprint density at radius 1 is 1.03 bits per heavy atom. The smallest absolute Gasteiger partial charge is 0.308 e. The SMILES string of the molecule is CC(C)C(=O)OCC(=O)[C@@]12O[C@H](C3CCCCC3)O[C@@H]1C[C@H]1[C@@H]3CCC4=CC(=O)C=C[C@]4(C)[C@H]3[C@@H](O)C[C@@]12C.COc1ccc(C[C@@H](C)NC[C@H](O)c2ccc(O)c(NC=O)c2)cc1. The van der Waals surface area contributed by atoms with Gasteiger partial charge in [-0.05, 0) is 111 Å². The Labute approximate surface area is 377 Å². The van der Waals surface area contributed by atoms with Gasteiger partial charge in [0.15, 0.2) is 24.3 Å². The molecular weight excluding hydrogens is 817 g/mol. The van der Waals surface area contributed by atoms with E-state index in [0.717, 1.165) is 56.3 Å². The average Bonchev–Trinajstić information content (AvgIpc) is 3.79. The molecule has 1 aliphatic heterocycles.